The molecule has 0 saturated heterocycles. The number of fused-ring (bicyclic) bond motifs is 1. The minimum Gasteiger partial charge on any atom is -0.322 e. The molecule has 1 aromatic heterocycles. The summed E-state index contributed by atoms with van der Waals surface area (Å²) in [4.78, 5) is 17.0. The van der Waals surface area contributed by atoms with Gasteiger partial charge in [-0.3, -0.25) is 19.6 Å². The molecule has 0 spiro atoms. The van der Waals surface area contributed by atoms with Gasteiger partial charge in [0.15, 0.2) is 0 Å². The van der Waals surface area contributed by atoms with Crippen molar-refractivity contribution in [2.45, 2.75) is 24.8 Å². The second-order valence-corrected chi connectivity index (χ2v) is 7.40. The highest BCUT2D eigenvalue weighted by Gasteiger charge is 2.32. The maximum Gasteiger partial charge on any atom is 0.263 e. The van der Waals surface area contributed by atoms with Crippen molar-refractivity contribution in [2.75, 3.05) is 5.32 Å². The molecule has 3 N–H and O–H groups in total. The number of aromatic amines is 1. The number of rotatable bonds is 4. The molecule has 0 radical (unpaired) electrons. The van der Waals surface area contributed by atoms with Crippen LogP contribution in [-0.2, 0) is 14.8 Å². The molecule has 24 heavy (non-hydrogen) atoms. The summed E-state index contributed by atoms with van der Waals surface area (Å²) in [5.74, 6) is -0.268. The normalized spacial score (nSPS) is 18.2. The van der Waals surface area contributed by atoms with Gasteiger partial charge >= 0.3 is 0 Å². The summed E-state index contributed by atoms with van der Waals surface area (Å²) in [7, 11) is -3.63. The quantitative estimate of drug-likeness (QED) is 0.768. The van der Waals surface area contributed by atoms with Crippen LogP contribution in [-0.4, -0.2) is 36.4 Å². The van der Waals surface area contributed by atoms with Crippen LogP contribution in [0.1, 0.15) is 19.4 Å². The Morgan fingerprint density at radius 3 is 2.71 bits per heavy atom. The fourth-order valence-electron chi connectivity index (χ4n) is 2.41. The molecule has 1 aliphatic heterocycles. The lowest BCUT2D eigenvalue weighted by Gasteiger charge is -2.16. The number of sulfonamides is 1. The van der Waals surface area contributed by atoms with E-state index in [1.165, 1.54) is 12.3 Å². The lowest BCUT2D eigenvalue weighted by molar-refractivity contribution is -0.118. The van der Waals surface area contributed by atoms with Crippen LogP contribution >= 0.6 is 0 Å². The second kappa shape index (κ2) is 6.08. The maximum atomic E-state index is 12.5. The van der Waals surface area contributed by atoms with Gasteiger partial charge in [0, 0.05) is 11.8 Å². The van der Waals surface area contributed by atoms with Crippen molar-refractivity contribution in [3.05, 3.63) is 42.2 Å². The van der Waals surface area contributed by atoms with Crippen molar-refractivity contribution in [3.63, 3.8) is 0 Å². The number of nitrogens with one attached hydrogen (secondary N) is 3. The Morgan fingerprint density at radius 1 is 1.29 bits per heavy atom. The summed E-state index contributed by atoms with van der Waals surface area (Å²) in [5, 5.41) is 9.08. The van der Waals surface area contributed by atoms with E-state index in [0.717, 1.165) is 0 Å². The predicted octanol–water partition coefficient (Wildman–Crippen LogP) is 1.11. The van der Waals surface area contributed by atoms with Gasteiger partial charge in [0.25, 0.3) is 10.0 Å². The van der Waals surface area contributed by atoms with E-state index in [1.807, 2.05) is 13.8 Å². The van der Waals surface area contributed by atoms with E-state index in [1.54, 1.807) is 24.4 Å². The molecule has 9 heteroatoms. The number of carbonyl (C=O) groups is 1. The molecule has 1 aliphatic rings. The van der Waals surface area contributed by atoms with E-state index in [-0.39, 0.29) is 22.6 Å². The number of nitrogens with zero attached hydrogens (tertiary/aromatic N) is 2. The highest BCUT2D eigenvalue weighted by atomic mass is 32.2. The first-order valence-electron chi connectivity index (χ1n) is 7.38. The summed E-state index contributed by atoms with van der Waals surface area (Å²) >= 11 is 0. The molecule has 3 rings (SSSR count). The van der Waals surface area contributed by atoms with E-state index in [4.69, 9.17) is 0 Å². The number of amides is 1. The Morgan fingerprint density at radius 2 is 2.04 bits per heavy atom. The molecule has 0 unspecified atom stereocenters. The standard InChI is InChI=1S/C15H17N5O3S/c1-9(2)13(15(21)18-10-7-16-17-8-10)19-14-11-5-3-4-6-12(11)24(22,23)20-14/h3-9,13H,1-2H3,(H,16,17)(H,18,21)(H,19,20)/t13-/m1/s1. The first kappa shape index (κ1) is 16.2. The molecule has 1 atom stereocenters. The van der Waals surface area contributed by atoms with Crippen molar-refractivity contribution < 1.29 is 13.2 Å². The van der Waals surface area contributed by atoms with Gasteiger partial charge in [-0.05, 0) is 18.1 Å². The molecule has 0 saturated carbocycles. The molecule has 0 bridgehead atoms. The van der Waals surface area contributed by atoms with E-state index in [9.17, 15) is 13.2 Å². The Balaban J connectivity index is 1.94. The Kier molecular flexibility index (Phi) is 4.10. The van der Waals surface area contributed by atoms with Gasteiger partial charge in [-0.25, -0.2) is 8.42 Å². The molecular weight excluding hydrogens is 330 g/mol. The van der Waals surface area contributed by atoms with Crippen molar-refractivity contribution in [3.8, 4) is 0 Å². The van der Waals surface area contributed by atoms with Gasteiger partial charge in [-0.15, -0.1) is 0 Å². The van der Waals surface area contributed by atoms with Crippen LogP contribution in [0.2, 0.25) is 0 Å². The third kappa shape index (κ3) is 3.02. The van der Waals surface area contributed by atoms with Crippen molar-refractivity contribution in [1.82, 2.24) is 14.9 Å². The Hall–Kier alpha value is -2.68. The van der Waals surface area contributed by atoms with Crippen LogP contribution in [0.3, 0.4) is 0 Å². The number of anilines is 1. The summed E-state index contributed by atoms with van der Waals surface area (Å²) in [6.07, 6.45) is 3.03. The van der Waals surface area contributed by atoms with Gasteiger partial charge in [0.2, 0.25) is 5.91 Å². The molecule has 0 fully saturated rings. The first-order chi connectivity index (χ1) is 11.4. The van der Waals surface area contributed by atoms with Gasteiger partial charge in [0.1, 0.15) is 11.9 Å². The third-order valence-electron chi connectivity index (χ3n) is 3.60. The van der Waals surface area contributed by atoms with Crippen LogP contribution < -0.4 is 10.0 Å². The van der Waals surface area contributed by atoms with E-state index < -0.39 is 16.1 Å². The minimum atomic E-state index is -3.63. The Bertz CT molecular complexity index is 888. The van der Waals surface area contributed by atoms with Gasteiger partial charge in [-0.1, -0.05) is 26.0 Å². The number of H-pyrrole nitrogens is 1. The molecule has 126 valence electrons. The highest BCUT2D eigenvalue weighted by molar-refractivity contribution is 7.90. The molecular formula is C15H17N5O3S. The summed E-state index contributed by atoms with van der Waals surface area (Å²) < 4.78 is 26.7. The number of aromatic nitrogens is 2. The summed E-state index contributed by atoms with van der Waals surface area (Å²) in [5.41, 5.74) is 0.998. The number of aliphatic imine (C=N–C) groups is 1. The molecule has 0 aliphatic carbocycles. The van der Waals surface area contributed by atoms with Crippen LogP contribution in [0.4, 0.5) is 5.69 Å². The van der Waals surface area contributed by atoms with Gasteiger partial charge in [-0.2, -0.15) is 5.10 Å². The third-order valence-corrected chi connectivity index (χ3v) is 4.99. The zero-order valence-corrected chi connectivity index (χ0v) is 14.0. The zero-order valence-electron chi connectivity index (χ0n) is 13.1. The Labute approximate surface area is 139 Å². The number of carbonyl (C=O) groups excluding carboxylic acids is 1. The lowest BCUT2D eigenvalue weighted by Crippen LogP contribution is -2.34. The fourth-order valence-corrected chi connectivity index (χ4v) is 3.65. The fraction of sp³-hybridized carbons (Fsp3) is 0.267. The van der Waals surface area contributed by atoms with E-state index in [0.29, 0.717) is 11.3 Å². The average Bonchev–Trinajstić information content (AvgIpc) is 3.11. The average molecular weight is 347 g/mol. The number of benzene rings is 1. The molecule has 2 aromatic rings. The second-order valence-electron chi connectivity index (χ2n) is 5.74. The van der Waals surface area contributed by atoms with Gasteiger partial charge < -0.3 is 5.32 Å². The van der Waals surface area contributed by atoms with E-state index >= 15 is 0 Å². The summed E-state index contributed by atoms with van der Waals surface area (Å²) in [6.45, 7) is 3.69. The van der Waals surface area contributed by atoms with Crippen molar-refractivity contribution in [2.24, 2.45) is 10.9 Å². The zero-order chi connectivity index (χ0) is 17.3. The number of hydrogen-bond acceptors (Lipinski definition) is 5. The number of amidine groups is 1. The number of hydrogen-bond donors (Lipinski definition) is 3. The largest absolute Gasteiger partial charge is 0.322 e. The molecule has 1 amide bonds. The first-order valence-corrected chi connectivity index (χ1v) is 8.86. The summed E-state index contributed by atoms with van der Waals surface area (Å²) in [6, 6.07) is 5.80. The van der Waals surface area contributed by atoms with Crippen LogP contribution in [0.25, 0.3) is 0 Å². The lowest BCUT2D eigenvalue weighted by atomic mass is 10.0. The SMILES string of the molecule is CC(C)[C@@H](N=C1NS(=O)(=O)c2ccccc21)C(=O)Nc1cn[nH]c1. The highest BCUT2D eigenvalue weighted by Crippen LogP contribution is 2.23. The van der Waals surface area contributed by atoms with E-state index in [2.05, 4.69) is 25.2 Å². The van der Waals surface area contributed by atoms with Crippen molar-refractivity contribution in [1.29, 1.82) is 0 Å². The van der Waals surface area contributed by atoms with Crippen LogP contribution in [0.5, 0.6) is 0 Å². The maximum absolute atomic E-state index is 12.5. The molecule has 2 heterocycles. The molecule has 1 aromatic carbocycles. The van der Waals surface area contributed by atoms with Crippen molar-refractivity contribution >= 4 is 27.5 Å². The van der Waals surface area contributed by atoms with Gasteiger partial charge in [0.05, 0.1) is 16.8 Å². The topological polar surface area (TPSA) is 116 Å². The predicted molar refractivity (Wildman–Crippen MR) is 89.1 cm³/mol. The monoisotopic (exact) mass is 347 g/mol. The van der Waals surface area contributed by atoms with Crippen LogP contribution in [0, 0.1) is 5.92 Å². The molecule has 8 nitrogen and oxygen atoms in total. The van der Waals surface area contributed by atoms with Crippen LogP contribution in [0.15, 0.2) is 46.5 Å². The minimum absolute atomic E-state index is 0.123. The smallest absolute Gasteiger partial charge is 0.263 e.